The molecule has 2 atom stereocenters. The zero-order valence-electron chi connectivity index (χ0n) is 14.7. The molecule has 25 heavy (non-hydrogen) atoms. The van der Waals surface area contributed by atoms with E-state index >= 15 is 0 Å². The molecule has 0 spiro atoms. The van der Waals surface area contributed by atoms with Crippen LogP contribution in [-0.2, 0) is 9.59 Å². The van der Waals surface area contributed by atoms with E-state index in [-0.39, 0.29) is 36.9 Å². The molecule has 136 valence electrons. The highest BCUT2D eigenvalue weighted by Crippen LogP contribution is 2.19. The molecule has 1 heterocycles. The maximum Gasteiger partial charge on any atom is 0.251 e. The minimum absolute atomic E-state index is 0.159. The van der Waals surface area contributed by atoms with E-state index in [9.17, 15) is 14.4 Å². The van der Waals surface area contributed by atoms with Gasteiger partial charge in [-0.2, -0.15) is 0 Å². The van der Waals surface area contributed by atoms with Gasteiger partial charge in [0.15, 0.2) is 0 Å². The Morgan fingerprint density at radius 2 is 1.92 bits per heavy atom. The van der Waals surface area contributed by atoms with Gasteiger partial charge in [0.2, 0.25) is 11.8 Å². The molecule has 0 unspecified atom stereocenters. The van der Waals surface area contributed by atoms with Crippen molar-refractivity contribution in [2.45, 2.75) is 32.4 Å². The molecule has 2 rings (SSSR count). The van der Waals surface area contributed by atoms with E-state index in [4.69, 9.17) is 5.73 Å². The first-order valence-electron chi connectivity index (χ1n) is 8.55. The lowest BCUT2D eigenvalue weighted by Crippen LogP contribution is -2.48. The Morgan fingerprint density at radius 1 is 1.24 bits per heavy atom. The number of nitrogens with zero attached hydrogens (tertiary/aromatic N) is 1. The summed E-state index contributed by atoms with van der Waals surface area (Å²) in [4.78, 5) is 38.3. The molecule has 7 nitrogen and oxygen atoms in total. The molecule has 0 aromatic heterocycles. The molecule has 4 N–H and O–H groups in total. The summed E-state index contributed by atoms with van der Waals surface area (Å²) in [5.74, 6) is -0.389. The van der Waals surface area contributed by atoms with Crippen molar-refractivity contribution in [3.8, 4) is 0 Å². The number of hydrogen-bond donors (Lipinski definition) is 3. The molecule has 0 saturated carbocycles. The number of carbonyl (C=O) groups excluding carboxylic acids is 3. The third kappa shape index (κ3) is 5.03. The molecule has 7 heteroatoms. The number of nitrogens with one attached hydrogen (secondary N) is 2. The first-order chi connectivity index (χ1) is 11.9. The largest absolute Gasteiger partial charge is 0.354 e. The van der Waals surface area contributed by atoms with Crippen LogP contribution in [0.1, 0.15) is 30.6 Å². The van der Waals surface area contributed by atoms with Crippen molar-refractivity contribution >= 4 is 17.7 Å². The second kappa shape index (κ2) is 8.62. The SMILES string of the molecule is CC(C)CNC(=O)[C@@H]1C[C@@H](NC(=O)c2ccccc2)CN1C(=O)CN. The summed E-state index contributed by atoms with van der Waals surface area (Å²) >= 11 is 0. The van der Waals surface area contributed by atoms with Crippen molar-refractivity contribution < 1.29 is 14.4 Å². The summed E-state index contributed by atoms with van der Waals surface area (Å²) in [6.45, 7) is 4.67. The number of likely N-dealkylation sites (tertiary alicyclic amines) is 1. The summed E-state index contributed by atoms with van der Waals surface area (Å²) < 4.78 is 0. The smallest absolute Gasteiger partial charge is 0.251 e. The van der Waals surface area contributed by atoms with Gasteiger partial charge < -0.3 is 21.3 Å². The van der Waals surface area contributed by atoms with Gasteiger partial charge >= 0.3 is 0 Å². The van der Waals surface area contributed by atoms with Crippen molar-refractivity contribution in [2.24, 2.45) is 11.7 Å². The second-order valence-electron chi connectivity index (χ2n) is 6.68. The van der Waals surface area contributed by atoms with Crippen LogP contribution < -0.4 is 16.4 Å². The number of hydrogen-bond acceptors (Lipinski definition) is 4. The van der Waals surface area contributed by atoms with Crippen molar-refractivity contribution in [3.05, 3.63) is 35.9 Å². The molecular formula is C18H26N4O3. The van der Waals surface area contributed by atoms with Crippen molar-refractivity contribution in [1.29, 1.82) is 0 Å². The highest BCUT2D eigenvalue weighted by atomic mass is 16.2. The average Bonchev–Trinajstić information content (AvgIpc) is 3.03. The summed E-state index contributed by atoms with van der Waals surface area (Å²) in [7, 11) is 0. The molecule has 0 aliphatic carbocycles. The minimum atomic E-state index is -0.601. The van der Waals surface area contributed by atoms with Crippen LogP contribution in [0.5, 0.6) is 0 Å². The number of carbonyl (C=O) groups is 3. The normalized spacial score (nSPS) is 19.8. The molecule has 1 saturated heterocycles. The topological polar surface area (TPSA) is 105 Å². The molecule has 1 aliphatic rings. The Balaban J connectivity index is 2.03. The Hall–Kier alpha value is -2.41. The van der Waals surface area contributed by atoms with Gasteiger partial charge in [0.25, 0.3) is 5.91 Å². The van der Waals surface area contributed by atoms with Crippen LogP contribution in [0.25, 0.3) is 0 Å². The van der Waals surface area contributed by atoms with Gasteiger partial charge in [-0.25, -0.2) is 0 Å². The average molecular weight is 346 g/mol. The fourth-order valence-electron chi connectivity index (χ4n) is 2.86. The van der Waals surface area contributed by atoms with E-state index in [0.717, 1.165) is 0 Å². The fraction of sp³-hybridized carbons (Fsp3) is 0.500. The lowest BCUT2D eigenvalue weighted by Gasteiger charge is -2.23. The van der Waals surface area contributed by atoms with Crippen LogP contribution in [0, 0.1) is 5.92 Å². The standard InChI is InChI=1S/C18H26N4O3/c1-12(2)10-20-18(25)15-8-14(11-22(15)16(23)9-19)21-17(24)13-6-4-3-5-7-13/h3-7,12,14-15H,8-11,19H2,1-2H3,(H,20,25)(H,21,24)/t14-,15+/m1/s1. The van der Waals surface area contributed by atoms with Crippen LogP contribution in [-0.4, -0.2) is 54.3 Å². The van der Waals surface area contributed by atoms with Gasteiger partial charge in [0.1, 0.15) is 6.04 Å². The fourth-order valence-corrected chi connectivity index (χ4v) is 2.86. The Labute approximate surface area is 147 Å². The van der Waals surface area contributed by atoms with Crippen molar-refractivity contribution in [3.63, 3.8) is 0 Å². The Morgan fingerprint density at radius 3 is 2.52 bits per heavy atom. The van der Waals surface area contributed by atoms with E-state index in [1.807, 2.05) is 19.9 Å². The maximum absolute atomic E-state index is 12.4. The minimum Gasteiger partial charge on any atom is -0.354 e. The first-order valence-corrected chi connectivity index (χ1v) is 8.55. The van der Waals surface area contributed by atoms with Crippen molar-refractivity contribution in [2.75, 3.05) is 19.6 Å². The number of rotatable bonds is 6. The third-order valence-electron chi connectivity index (χ3n) is 4.15. The van der Waals surface area contributed by atoms with Gasteiger partial charge in [-0.05, 0) is 24.5 Å². The van der Waals surface area contributed by atoms with Gasteiger partial charge in [0.05, 0.1) is 6.54 Å². The number of amides is 3. The van der Waals surface area contributed by atoms with Crippen molar-refractivity contribution in [1.82, 2.24) is 15.5 Å². The highest BCUT2D eigenvalue weighted by Gasteiger charge is 2.39. The molecule has 1 fully saturated rings. The second-order valence-corrected chi connectivity index (χ2v) is 6.68. The molecule has 0 radical (unpaired) electrons. The summed E-state index contributed by atoms with van der Waals surface area (Å²) in [6.07, 6.45) is 0.383. The van der Waals surface area contributed by atoms with E-state index < -0.39 is 6.04 Å². The Bertz CT molecular complexity index is 618. The summed E-state index contributed by atoms with van der Waals surface area (Å²) in [6, 6.07) is 7.98. The molecule has 1 aromatic rings. The van der Waals surface area contributed by atoms with Crippen LogP contribution in [0.3, 0.4) is 0 Å². The number of benzene rings is 1. The zero-order valence-corrected chi connectivity index (χ0v) is 14.7. The Kier molecular flexibility index (Phi) is 6.52. The van der Waals surface area contributed by atoms with Gasteiger partial charge in [-0.15, -0.1) is 0 Å². The first kappa shape index (κ1) is 18.9. The maximum atomic E-state index is 12.4. The van der Waals surface area contributed by atoms with Gasteiger partial charge in [0, 0.05) is 24.7 Å². The lowest BCUT2D eigenvalue weighted by atomic mass is 10.1. The van der Waals surface area contributed by atoms with E-state index in [1.165, 1.54) is 4.90 Å². The highest BCUT2D eigenvalue weighted by molar-refractivity contribution is 5.95. The molecule has 3 amide bonds. The van der Waals surface area contributed by atoms with Gasteiger partial charge in [-0.1, -0.05) is 32.0 Å². The summed E-state index contributed by atoms with van der Waals surface area (Å²) in [5.41, 5.74) is 6.01. The number of nitrogens with two attached hydrogens (primary N) is 1. The molecule has 0 bridgehead atoms. The van der Waals surface area contributed by atoms with Crippen LogP contribution >= 0.6 is 0 Å². The van der Waals surface area contributed by atoms with Gasteiger partial charge in [-0.3, -0.25) is 14.4 Å². The lowest BCUT2D eigenvalue weighted by molar-refractivity contribution is -0.137. The van der Waals surface area contributed by atoms with Crippen LogP contribution in [0.2, 0.25) is 0 Å². The predicted octanol–water partition coefficient (Wildman–Crippen LogP) is 0.117. The third-order valence-corrected chi connectivity index (χ3v) is 4.15. The van der Waals surface area contributed by atoms with E-state index in [2.05, 4.69) is 10.6 Å². The van der Waals surface area contributed by atoms with E-state index in [0.29, 0.717) is 24.4 Å². The zero-order chi connectivity index (χ0) is 18.4. The molecule has 1 aliphatic heterocycles. The summed E-state index contributed by atoms with van der Waals surface area (Å²) in [5, 5.41) is 5.75. The molecular weight excluding hydrogens is 320 g/mol. The van der Waals surface area contributed by atoms with E-state index in [1.54, 1.807) is 24.3 Å². The molecule has 1 aromatic carbocycles. The van der Waals surface area contributed by atoms with Crippen LogP contribution in [0.15, 0.2) is 30.3 Å². The quantitative estimate of drug-likeness (QED) is 0.680. The van der Waals surface area contributed by atoms with Crippen LogP contribution in [0.4, 0.5) is 0 Å². The monoisotopic (exact) mass is 346 g/mol. The predicted molar refractivity (Wildman–Crippen MR) is 94.7 cm³/mol.